The number of amides is 1. The zero-order valence-corrected chi connectivity index (χ0v) is 22.3. The lowest BCUT2D eigenvalue weighted by molar-refractivity contribution is 0.0849. The Morgan fingerprint density at radius 3 is 2.85 bits per heavy atom. The number of anilines is 2. The van der Waals surface area contributed by atoms with Gasteiger partial charge in [-0.1, -0.05) is 6.07 Å². The predicted molar refractivity (Wildman–Crippen MR) is 147 cm³/mol. The number of benzene rings is 1. The average molecular weight is 525 g/mol. The Balaban J connectivity index is 1.25. The molecule has 2 N–H and O–H groups in total. The number of hydrogen-bond acceptors (Lipinski definition) is 8. The first-order chi connectivity index (χ1) is 19.0. The fraction of sp³-hybridized carbons (Fsp3) is 0.414. The summed E-state index contributed by atoms with van der Waals surface area (Å²) in [6.45, 7) is 2.76. The third-order valence-electron chi connectivity index (χ3n) is 8.03. The molecule has 0 unspecified atom stereocenters. The van der Waals surface area contributed by atoms with Crippen molar-refractivity contribution >= 4 is 23.1 Å². The molecule has 200 valence electrons. The lowest BCUT2D eigenvalue weighted by Crippen LogP contribution is -2.19. The lowest BCUT2D eigenvalue weighted by atomic mass is 9.90. The summed E-state index contributed by atoms with van der Waals surface area (Å²) in [6.07, 6.45) is 5.15. The summed E-state index contributed by atoms with van der Waals surface area (Å²) in [7, 11) is 4.12. The van der Waals surface area contributed by atoms with Crippen molar-refractivity contribution in [2.75, 3.05) is 32.6 Å². The van der Waals surface area contributed by atoms with Crippen LogP contribution in [0.4, 0.5) is 11.5 Å². The van der Waals surface area contributed by atoms with Gasteiger partial charge >= 0.3 is 0 Å². The number of aryl methyl sites for hydroxylation is 2. The van der Waals surface area contributed by atoms with Crippen molar-refractivity contribution in [2.24, 2.45) is 0 Å². The predicted octanol–water partition coefficient (Wildman–Crippen LogP) is 3.62. The van der Waals surface area contributed by atoms with Crippen molar-refractivity contribution in [3.63, 3.8) is 0 Å². The van der Waals surface area contributed by atoms with Gasteiger partial charge in [0, 0.05) is 31.9 Å². The van der Waals surface area contributed by atoms with Crippen molar-refractivity contribution in [3.8, 4) is 11.4 Å². The smallest absolute Gasteiger partial charge is 0.254 e. The third kappa shape index (κ3) is 4.33. The molecule has 4 aromatic rings. The van der Waals surface area contributed by atoms with Gasteiger partial charge in [0.15, 0.2) is 11.5 Å². The number of nitrogens with zero attached hydrogens (tertiary/aromatic N) is 6. The van der Waals surface area contributed by atoms with E-state index >= 15 is 0 Å². The zero-order chi connectivity index (χ0) is 26.5. The van der Waals surface area contributed by atoms with Crippen LogP contribution >= 0.6 is 0 Å². The van der Waals surface area contributed by atoms with Crippen LogP contribution in [0.2, 0.25) is 0 Å². The first-order valence-electron chi connectivity index (χ1n) is 13.7. The Kier molecular flexibility index (Phi) is 6.01. The number of carbonyl (C=O) groups excluding carboxylic acids is 1. The number of carbonyl (C=O) groups is 1. The highest BCUT2D eigenvalue weighted by molar-refractivity contribution is 6.05. The van der Waals surface area contributed by atoms with Crippen molar-refractivity contribution in [1.82, 2.24) is 35.0 Å². The second kappa shape index (κ2) is 9.69. The standard InChI is InChI=1S/C29H32N8O2/c1-36(2)16-24-19(17-10-12-39-13-11-17)7-9-25(32-24)31-23-8-6-20(21-15-30-29(38)27(21)23)28-34-33-26-14-18-4-3-5-22(18)35-37(26)28/h6-9,14,17H,3-5,10-13,15-16H2,1-2H3,(H,30,38)(H,31,32). The molecule has 0 bridgehead atoms. The highest BCUT2D eigenvalue weighted by Gasteiger charge is 2.29. The summed E-state index contributed by atoms with van der Waals surface area (Å²) in [5.74, 6) is 1.73. The van der Waals surface area contributed by atoms with Crippen molar-refractivity contribution < 1.29 is 9.53 Å². The van der Waals surface area contributed by atoms with Crippen LogP contribution in [0.1, 0.15) is 63.6 Å². The van der Waals surface area contributed by atoms with E-state index in [1.165, 1.54) is 11.1 Å². The van der Waals surface area contributed by atoms with Crippen LogP contribution in [0.15, 0.2) is 30.3 Å². The Morgan fingerprint density at radius 2 is 2.00 bits per heavy atom. The molecule has 1 saturated heterocycles. The maximum absolute atomic E-state index is 13.0. The Hall–Kier alpha value is -3.89. The van der Waals surface area contributed by atoms with Gasteiger partial charge in [0.05, 0.1) is 22.6 Å². The van der Waals surface area contributed by atoms with Crippen LogP contribution in [0.25, 0.3) is 17.0 Å². The van der Waals surface area contributed by atoms with Gasteiger partial charge in [-0.05, 0) is 93.1 Å². The van der Waals surface area contributed by atoms with E-state index in [4.69, 9.17) is 14.8 Å². The zero-order valence-electron chi connectivity index (χ0n) is 22.3. The number of hydrogen-bond donors (Lipinski definition) is 2. The monoisotopic (exact) mass is 524 g/mol. The molecule has 7 rings (SSSR count). The molecular formula is C29H32N8O2. The van der Waals surface area contributed by atoms with E-state index in [0.29, 0.717) is 23.9 Å². The molecule has 2 aliphatic heterocycles. The average Bonchev–Trinajstić information content (AvgIpc) is 3.67. The molecule has 39 heavy (non-hydrogen) atoms. The normalized spacial score (nSPS) is 17.1. The number of nitrogens with one attached hydrogen (secondary N) is 2. The summed E-state index contributed by atoms with van der Waals surface area (Å²) in [4.78, 5) is 20.2. The molecule has 0 atom stereocenters. The highest BCUT2D eigenvalue weighted by Crippen LogP contribution is 2.36. The molecule has 0 radical (unpaired) electrons. The first-order valence-corrected chi connectivity index (χ1v) is 13.7. The summed E-state index contributed by atoms with van der Waals surface area (Å²) in [6, 6.07) is 10.2. The van der Waals surface area contributed by atoms with Gasteiger partial charge in [0.2, 0.25) is 0 Å². The molecule has 0 spiro atoms. The molecule has 5 heterocycles. The molecular weight excluding hydrogens is 492 g/mol. The van der Waals surface area contributed by atoms with E-state index in [2.05, 4.69) is 52.0 Å². The van der Waals surface area contributed by atoms with E-state index in [1.54, 1.807) is 0 Å². The number of pyridine rings is 1. The minimum absolute atomic E-state index is 0.107. The summed E-state index contributed by atoms with van der Waals surface area (Å²) in [5, 5.41) is 20.2. The molecule has 3 aromatic heterocycles. The second-order valence-electron chi connectivity index (χ2n) is 10.9. The van der Waals surface area contributed by atoms with E-state index in [0.717, 1.165) is 91.5 Å². The lowest BCUT2D eigenvalue weighted by Gasteiger charge is -2.25. The summed E-state index contributed by atoms with van der Waals surface area (Å²) >= 11 is 0. The van der Waals surface area contributed by atoms with Crippen LogP contribution in [-0.2, 0) is 30.7 Å². The van der Waals surface area contributed by atoms with Gasteiger partial charge < -0.3 is 20.3 Å². The van der Waals surface area contributed by atoms with Gasteiger partial charge in [-0.2, -0.15) is 9.61 Å². The van der Waals surface area contributed by atoms with Gasteiger partial charge in [0.1, 0.15) is 5.82 Å². The second-order valence-corrected chi connectivity index (χ2v) is 10.9. The maximum atomic E-state index is 13.0. The van der Waals surface area contributed by atoms with Gasteiger partial charge in [-0.25, -0.2) is 4.98 Å². The number of aromatic nitrogens is 5. The number of ether oxygens (including phenoxy) is 1. The number of rotatable bonds is 6. The van der Waals surface area contributed by atoms with Crippen LogP contribution in [-0.4, -0.2) is 62.9 Å². The molecule has 1 aromatic carbocycles. The first kappa shape index (κ1) is 24.2. The molecule has 10 heteroatoms. The molecule has 3 aliphatic rings. The van der Waals surface area contributed by atoms with Gasteiger partial charge in [-0.3, -0.25) is 4.79 Å². The van der Waals surface area contributed by atoms with Crippen LogP contribution in [0, 0.1) is 0 Å². The van der Waals surface area contributed by atoms with Gasteiger partial charge in [-0.15, -0.1) is 10.2 Å². The van der Waals surface area contributed by atoms with E-state index in [1.807, 2.05) is 22.7 Å². The third-order valence-corrected chi connectivity index (χ3v) is 8.03. The Morgan fingerprint density at radius 1 is 1.13 bits per heavy atom. The molecule has 0 saturated carbocycles. The van der Waals surface area contributed by atoms with Crippen LogP contribution < -0.4 is 10.6 Å². The van der Waals surface area contributed by atoms with Crippen molar-refractivity contribution in [2.45, 2.75) is 51.1 Å². The Bertz CT molecular complexity index is 1590. The molecule has 1 amide bonds. The highest BCUT2D eigenvalue weighted by atomic mass is 16.5. The minimum atomic E-state index is -0.107. The van der Waals surface area contributed by atoms with E-state index in [-0.39, 0.29) is 5.91 Å². The van der Waals surface area contributed by atoms with Crippen molar-refractivity contribution in [1.29, 1.82) is 0 Å². The molecule has 10 nitrogen and oxygen atoms in total. The fourth-order valence-electron chi connectivity index (χ4n) is 6.13. The minimum Gasteiger partial charge on any atom is -0.381 e. The fourth-order valence-corrected chi connectivity index (χ4v) is 6.13. The molecule has 1 aliphatic carbocycles. The van der Waals surface area contributed by atoms with Gasteiger partial charge in [0.25, 0.3) is 5.91 Å². The topological polar surface area (TPSA) is 110 Å². The number of fused-ring (bicyclic) bond motifs is 3. The SMILES string of the molecule is CN(C)Cc1nc(Nc2ccc(-c3nnc4cc5c(nn34)CCC5)c3c2C(=O)NC3)ccc1C1CCOCC1. The Labute approximate surface area is 226 Å². The summed E-state index contributed by atoms with van der Waals surface area (Å²) < 4.78 is 7.40. The van der Waals surface area contributed by atoms with E-state index in [9.17, 15) is 4.79 Å². The summed E-state index contributed by atoms with van der Waals surface area (Å²) in [5.41, 5.74) is 8.56. The quantitative estimate of drug-likeness (QED) is 0.394. The van der Waals surface area contributed by atoms with Crippen LogP contribution in [0.3, 0.4) is 0 Å². The van der Waals surface area contributed by atoms with Crippen molar-refractivity contribution in [3.05, 3.63) is 64.0 Å². The largest absolute Gasteiger partial charge is 0.381 e. The van der Waals surface area contributed by atoms with E-state index < -0.39 is 0 Å². The van der Waals surface area contributed by atoms with Crippen LogP contribution in [0.5, 0.6) is 0 Å². The maximum Gasteiger partial charge on any atom is 0.254 e. The molecule has 1 fully saturated rings.